The van der Waals surface area contributed by atoms with Crippen LogP contribution in [0.4, 0.5) is 4.39 Å². The molecule has 0 amide bonds. The Morgan fingerprint density at radius 1 is 1.29 bits per heavy atom. The number of nitrogens with zero attached hydrogens (tertiary/aromatic N) is 1. The van der Waals surface area contributed by atoms with Crippen molar-refractivity contribution in [1.82, 2.24) is 4.98 Å². The maximum atomic E-state index is 13.7. The molecule has 3 aromatic rings. The van der Waals surface area contributed by atoms with Crippen molar-refractivity contribution in [3.63, 3.8) is 0 Å². The second kappa shape index (κ2) is 6.73. The van der Waals surface area contributed by atoms with Crippen LogP contribution in [0.1, 0.15) is 30.9 Å². The van der Waals surface area contributed by atoms with E-state index in [0.29, 0.717) is 29.3 Å². The van der Waals surface area contributed by atoms with Crippen LogP contribution in [0.25, 0.3) is 11.1 Å². The van der Waals surface area contributed by atoms with E-state index < -0.39 is 5.82 Å². The van der Waals surface area contributed by atoms with Gasteiger partial charge in [-0.1, -0.05) is 43.6 Å². The number of oxazole rings is 1. The summed E-state index contributed by atoms with van der Waals surface area (Å²) in [5.74, 6) is 0.147. The monoisotopic (exact) mass is 345 g/mol. The summed E-state index contributed by atoms with van der Waals surface area (Å²) in [4.78, 5) is 16.1. The van der Waals surface area contributed by atoms with E-state index in [0.717, 1.165) is 11.1 Å². The van der Waals surface area contributed by atoms with Gasteiger partial charge in [-0.3, -0.25) is 4.79 Å². The number of hydrogen-bond donors (Lipinski definition) is 0. The summed E-state index contributed by atoms with van der Waals surface area (Å²) in [5, 5.41) is 0.548. The Labute approximate surface area is 144 Å². The zero-order chi connectivity index (χ0) is 17.3. The first-order valence-corrected chi connectivity index (χ1v) is 8.16. The molecule has 0 radical (unpaired) electrons. The quantitative estimate of drug-likeness (QED) is 0.655. The number of ketones is 1. The number of halogens is 2. The van der Waals surface area contributed by atoms with Crippen molar-refractivity contribution in [2.75, 3.05) is 0 Å². The molecule has 0 unspecified atom stereocenters. The number of aromatic nitrogens is 1. The minimum Gasteiger partial charge on any atom is -0.437 e. The first kappa shape index (κ1) is 16.7. The summed E-state index contributed by atoms with van der Waals surface area (Å²) in [5.41, 5.74) is 2.35. The number of fused-ring (bicyclic) bond motifs is 1. The first-order valence-electron chi connectivity index (χ1n) is 7.78. The van der Waals surface area contributed by atoms with Gasteiger partial charge in [-0.05, 0) is 29.3 Å². The van der Waals surface area contributed by atoms with E-state index in [2.05, 4.69) is 4.98 Å². The first-order chi connectivity index (χ1) is 11.4. The summed E-state index contributed by atoms with van der Waals surface area (Å²) in [6.07, 6.45) is 0.733. The Balaban J connectivity index is 1.82. The van der Waals surface area contributed by atoms with Gasteiger partial charge in [0.2, 0.25) is 0 Å². The van der Waals surface area contributed by atoms with Gasteiger partial charge in [0.1, 0.15) is 11.3 Å². The van der Waals surface area contributed by atoms with E-state index in [1.54, 1.807) is 18.2 Å². The van der Waals surface area contributed by atoms with Crippen molar-refractivity contribution in [3.8, 4) is 0 Å². The molecule has 0 saturated heterocycles. The zero-order valence-corrected chi connectivity index (χ0v) is 14.2. The van der Waals surface area contributed by atoms with Crippen LogP contribution < -0.4 is 0 Å². The fourth-order valence-corrected chi connectivity index (χ4v) is 2.72. The number of carbonyl (C=O) groups excluding carboxylic acids is 1. The molecule has 0 aliphatic heterocycles. The molecule has 0 bridgehead atoms. The van der Waals surface area contributed by atoms with Gasteiger partial charge < -0.3 is 4.42 Å². The lowest BCUT2D eigenvalue weighted by molar-refractivity contribution is -0.121. The fraction of sp³-hybridized carbons (Fsp3) is 0.263. The maximum absolute atomic E-state index is 13.7. The van der Waals surface area contributed by atoms with Crippen LogP contribution in [-0.4, -0.2) is 10.8 Å². The molecule has 5 heteroatoms. The zero-order valence-electron chi connectivity index (χ0n) is 13.5. The Morgan fingerprint density at radius 3 is 2.75 bits per heavy atom. The standard InChI is InChI=1S/C19H17ClFNO2/c1-11(2)17(23)9-12-6-7-13(14(20)8-12)10-18-22-16-5-3-4-15(21)19(16)24-18/h3-8,11H,9-10H2,1-2H3. The lowest BCUT2D eigenvalue weighted by Crippen LogP contribution is -2.10. The van der Waals surface area contributed by atoms with Crippen molar-refractivity contribution >= 4 is 28.5 Å². The molecule has 0 fully saturated rings. The Kier molecular flexibility index (Phi) is 4.67. The number of carbonyl (C=O) groups is 1. The van der Waals surface area contributed by atoms with Crippen molar-refractivity contribution in [3.05, 3.63) is 64.3 Å². The van der Waals surface area contributed by atoms with Gasteiger partial charge in [0, 0.05) is 17.4 Å². The van der Waals surface area contributed by atoms with Gasteiger partial charge in [-0.25, -0.2) is 9.37 Å². The van der Waals surface area contributed by atoms with E-state index >= 15 is 0 Å². The van der Waals surface area contributed by atoms with Gasteiger partial charge in [0.15, 0.2) is 17.3 Å². The Morgan fingerprint density at radius 2 is 2.08 bits per heavy atom. The predicted octanol–water partition coefficient (Wildman–Crippen LogP) is 4.98. The van der Waals surface area contributed by atoms with Crippen molar-refractivity contribution < 1.29 is 13.6 Å². The molecule has 1 aromatic heterocycles. The molecule has 0 aliphatic carbocycles. The average Bonchev–Trinajstić information content (AvgIpc) is 2.94. The molecule has 0 aliphatic rings. The topological polar surface area (TPSA) is 43.1 Å². The Hall–Kier alpha value is -2.20. The molecule has 0 spiro atoms. The molecule has 3 nitrogen and oxygen atoms in total. The van der Waals surface area contributed by atoms with Gasteiger partial charge in [0.25, 0.3) is 0 Å². The highest BCUT2D eigenvalue weighted by atomic mass is 35.5. The van der Waals surface area contributed by atoms with Gasteiger partial charge in [-0.15, -0.1) is 0 Å². The smallest absolute Gasteiger partial charge is 0.200 e. The lowest BCUT2D eigenvalue weighted by atomic mass is 9.99. The molecule has 24 heavy (non-hydrogen) atoms. The molecular weight excluding hydrogens is 329 g/mol. The van der Waals surface area contributed by atoms with Crippen LogP contribution in [0, 0.1) is 11.7 Å². The van der Waals surface area contributed by atoms with Gasteiger partial charge >= 0.3 is 0 Å². The summed E-state index contributed by atoms with van der Waals surface area (Å²) in [6.45, 7) is 3.76. The molecule has 124 valence electrons. The predicted molar refractivity (Wildman–Crippen MR) is 91.8 cm³/mol. The number of para-hydroxylation sites is 1. The highest BCUT2D eigenvalue weighted by molar-refractivity contribution is 6.31. The van der Waals surface area contributed by atoms with Crippen LogP contribution in [0.3, 0.4) is 0 Å². The van der Waals surface area contributed by atoms with E-state index in [-0.39, 0.29) is 17.3 Å². The molecule has 3 rings (SSSR count). The van der Waals surface area contributed by atoms with Crippen LogP contribution in [-0.2, 0) is 17.6 Å². The maximum Gasteiger partial charge on any atom is 0.200 e. The summed E-state index contributed by atoms with van der Waals surface area (Å²) in [7, 11) is 0. The fourth-order valence-electron chi connectivity index (χ4n) is 2.45. The molecule has 0 N–H and O–H groups in total. The second-order valence-electron chi connectivity index (χ2n) is 6.10. The summed E-state index contributed by atoms with van der Waals surface area (Å²) < 4.78 is 19.2. The van der Waals surface area contributed by atoms with Crippen molar-refractivity contribution in [2.45, 2.75) is 26.7 Å². The number of Topliss-reactive ketones (excluding diaryl/α,β-unsaturated/α-hetero) is 1. The third-order valence-electron chi connectivity index (χ3n) is 3.89. The average molecular weight is 346 g/mol. The van der Waals surface area contributed by atoms with Crippen LogP contribution in [0.15, 0.2) is 40.8 Å². The minimum absolute atomic E-state index is 0.00176. The van der Waals surface area contributed by atoms with Crippen LogP contribution in [0.2, 0.25) is 5.02 Å². The number of hydrogen-bond acceptors (Lipinski definition) is 3. The minimum atomic E-state index is -0.431. The van der Waals surface area contributed by atoms with Crippen molar-refractivity contribution in [2.24, 2.45) is 5.92 Å². The third-order valence-corrected chi connectivity index (χ3v) is 4.24. The normalized spacial score (nSPS) is 11.4. The second-order valence-corrected chi connectivity index (χ2v) is 6.50. The largest absolute Gasteiger partial charge is 0.437 e. The van der Waals surface area contributed by atoms with Crippen LogP contribution >= 0.6 is 11.6 Å². The molecule has 2 aromatic carbocycles. The third kappa shape index (κ3) is 3.49. The SMILES string of the molecule is CC(C)C(=O)Cc1ccc(Cc2nc3cccc(F)c3o2)c(Cl)c1. The van der Waals surface area contributed by atoms with E-state index in [4.69, 9.17) is 16.0 Å². The van der Waals surface area contributed by atoms with E-state index in [9.17, 15) is 9.18 Å². The highest BCUT2D eigenvalue weighted by Gasteiger charge is 2.13. The van der Waals surface area contributed by atoms with E-state index in [1.807, 2.05) is 26.0 Å². The van der Waals surface area contributed by atoms with Gasteiger partial charge in [0.05, 0.1) is 6.42 Å². The lowest BCUT2D eigenvalue weighted by Gasteiger charge is -2.07. The number of benzene rings is 2. The summed E-state index contributed by atoms with van der Waals surface area (Å²) >= 11 is 6.32. The Bertz CT molecular complexity index is 902. The highest BCUT2D eigenvalue weighted by Crippen LogP contribution is 2.24. The molecule has 1 heterocycles. The van der Waals surface area contributed by atoms with Gasteiger partial charge in [-0.2, -0.15) is 0 Å². The van der Waals surface area contributed by atoms with Crippen LogP contribution in [0.5, 0.6) is 0 Å². The number of rotatable bonds is 5. The summed E-state index contributed by atoms with van der Waals surface area (Å²) in [6, 6.07) is 10.2. The molecule has 0 atom stereocenters. The van der Waals surface area contributed by atoms with E-state index in [1.165, 1.54) is 6.07 Å². The molecular formula is C19H17ClFNO2. The molecule has 0 saturated carbocycles. The van der Waals surface area contributed by atoms with Crippen molar-refractivity contribution in [1.29, 1.82) is 0 Å².